The van der Waals surface area contributed by atoms with Crippen molar-refractivity contribution in [3.05, 3.63) is 41.7 Å². The smallest absolute Gasteiger partial charge is 0.307 e. The van der Waals surface area contributed by atoms with Crippen molar-refractivity contribution in [1.29, 1.82) is 0 Å². The number of hydrogen-bond donors (Lipinski definition) is 1. The molecule has 3 heteroatoms. The highest BCUT2D eigenvalue weighted by atomic mass is 19.1. The molecule has 0 aliphatic heterocycles. The zero-order chi connectivity index (χ0) is 12.6. The van der Waals surface area contributed by atoms with E-state index in [-0.39, 0.29) is 23.1 Å². The van der Waals surface area contributed by atoms with E-state index in [2.05, 4.69) is 0 Å². The third-order valence-corrected chi connectivity index (χ3v) is 3.54. The zero-order valence-corrected chi connectivity index (χ0v) is 9.85. The molecule has 90 valence electrons. The van der Waals surface area contributed by atoms with Crippen molar-refractivity contribution >= 4 is 12.0 Å². The number of hydrogen-bond acceptors (Lipinski definition) is 1. The van der Waals surface area contributed by atoms with E-state index < -0.39 is 5.97 Å². The summed E-state index contributed by atoms with van der Waals surface area (Å²) in [6, 6.07) is 6.15. The summed E-state index contributed by atoms with van der Waals surface area (Å²) in [5.41, 5.74) is 0.709. The van der Waals surface area contributed by atoms with Gasteiger partial charge in [0.2, 0.25) is 0 Å². The van der Waals surface area contributed by atoms with Crippen LogP contribution in [0, 0.1) is 23.1 Å². The lowest BCUT2D eigenvalue weighted by Gasteiger charge is -1.97. The van der Waals surface area contributed by atoms with E-state index in [0.717, 1.165) is 5.56 Å². The molecule has 0 saturated heterocycles. The molecule has 0 spiro atoms. The van der Waals surface area contributed by atoms with E-state index in [9.17, 15) is 9.18 Å². The fourth-order valence-corrected chi connectivity index (χ4v) is 2.30. The highest BCUT2D eigenvalue weighted by Crippen LogP contribution is 2.59. The van der Waals surface area contributed by atoms with Crippen molar-refractivity contribution in [3.63, 3.8) is 0 Å². The van der Waals surface area contributed by atoms with E-state index >= 15 is 0 Å². The summed E-state index contributed by atoms with van der Waals surface area (Å²) >= 11 is 0. The van der Waals surface area contributed by atoms with E-state index in [0.29, 0.717) is 0 Å². The van der Waals surface area contributed by atoms with Gasteiger partial charge in [-0.2, -0.15) is 0 Å². The SMILES string of the molecule is CC1(C)[C@H](/C=C/c2ccc(F)cc2)[C@H]1C(=O)O. The molecule has 2 atom stereocenters. The first kappa shape index (κ1) is 11.8. The van der Waals surface area contributed by atoms with Crippen LogP contribution in [0.25, 0.3) is 6.08 Å². The van der Waals surface area contributed by atoms with Crippen LogP contribution >= 0.6 is 0 Å². The van der Waals surface area contributed by atoms with Gasteiger partial charge in [-0.25, -0.2) is 4.39 Å². The monoisotopic (exact) mass is 234 g/mol. The molecule has 1 fully saturated rings. The number of aliphatic carboxylic acids is 1. The van der Waals surface area contributed by atoms with Gasteiger partial charge in [-0.1, -0.05) is 38.1 Å². The third kappa shape index (κ3) is 2.23. The lowest BCUT2D eigenvalue weighted by Crippen LogP contribution is -2.02. The lowest BCUT2D eigenvalue weighted by atomic mass is 10.1. The van der Waals surface area contributed by atoms with Crippen LogP contribution in [0.4, 0.5) is 4.39 Å². The maximum absolute atomic E-state index is 12.7. The molecule has 1 N–H and O–H groups in total. The molecule has 2 rings (SSSR count). The predicted octanol–water partition coefficient (Wildman–Crippen LogP) is 3.20. The van der Waals surface area contributed by atoms with Crippen LogP contribution in [0.5, 0.6) is 0 Å². The minimum absolute atomic E-state index is 0.0602. The number of carboxylic acids is 1. The zero-order valence-electron chi connectivity index (χ0n) is 9.85. The summed E-state index contributed by atoms with van der Waals surface area (Å²) in [5.74, 6) is -1.26. The van der Waals surface area contributed by atoms with Gasteiger partial charge in [-0.3, -0.25) is 4.79 Å². The summed E-state index contributed by atoms with van der Waals surface area (Å²) in [6.07, 6.45) is 3.76. The largest absolute Gasteiger partial charge is 0.481 e. The van der Waals surface area contributed by atoms with Gasteiger partial charge in [0.05, 0.1) is 5.92 Å². The van der Waals surface area contributed by atoms with Crippen molar-refractivity contribution in [1.82, 2.24) is 0 Å². The van der Waals surface area contributed by atoms with E-state index in [1.54, 1.807) is 12.1 Å². The van der Waals surface area contributed by atoms with E-state index in [1.807, 2.05) is 26.0 Å². The topological polar surface area (TPSA) is 37.3 Å². The average Bonchev–Trinajstić information content (AvgIpc) is 2.80. The Bertz CT molecular complexity index is 460. The highest BCUT2D eigenvalue weighted by molar-refractivity contribution is 5.76. The van der Waals surface area contributed by atoms with E-state index in [4.69, 9.17) is 5.11 Å². The van der Waals surface area contributed by atoms with Crippen LogP contribution in [0.15, 0.2) is 30.3 Å². The Morgan fingerprint density at radius 2 is 1.94 bits per heavy atom. The summed E-state index contributed by atoms with van der Waals surface area (Å²) in [6.45, 7) is 3.90. The summed E-state index contributed by atoms with van der Waals surface area (Å²) in [5, 5.41) is 9.01. The van der Waals surface area contributed by atoms with Gasteiger partial charge in [0, 0.05) is 0 Å². The van der Waals surface area contributed by atoms with Crippen LogP contribution in [0.2, 0.25) is 0 Å². The van der Waals surface area contributed by atoms with Gasteiger partial charge in [-0.05, 0) is 29.0 Å². The fourth-order valence-electron chi connectivity index (χ4n) is 2.30. The number of carboxylic acid groups (broad SMARTS) is 1. The standard InChI is InChI=1S/C14H15FO2/c1-14(2)11(12(14)13(16)17)8-5-9-3-6-10(15)7-4-9/h3-8,11-12H,1-2H3,(H,16,17)/b8-5+/t11-,12+/m1/s1. The quantitative estimate of drug-likeness (QED) is 0.872. The molecule has 0 amide bonds. The number of halogens is 1. The highest BCUT2D eigenvalue weighted by Gasteiger charge is 2.60. The second-order valence-corrected chi connectivity index (χ2v) is 5.07. The van der Waals surface area contributed by atoms with Crippen LogP contribution in [0.3, 0.4) is 0 Å². The Morgan fingerprint density at radius 1 is 1.35 bits per heavy atom. The normalized spacial score (nSPS) is 26.1. The molecule has 0 heterocycles. The summed E-state index contributed by atoms with van der Waals surface area (Å²) in [7, 11) is 0. The Hall–Kier alpha value is -1.64. The van der Waals surface area contributed by atoms with Gasteiger partial charge in [-0.15, -0.1) is 0 Å². The van der Waals surface area contributed by atoms with Crippen molar-refractivity contribution in [2.45, 2.75) is 13.8 Å². The molecule has 1 aromatic rings. The first-order chi connectivity index (χ1) is 7.93. The van der Waals surface area contributed by atoms with Gasteiger partial charge >= 0.3 is 5.97 Å². The Kier molecular flexibility index (Phi) is 2.77. The molecule has 1 aliphatic carbocycles. The number of allylic oxidation sites excluding steroid dienone is 1. The molecule has 0 unspecified atom stereocenters. The molecule has 0 aromatic heterocycles. The van der Waals surface area contributed by atoms with Gasteiger partial charge in [0.1, 0.15) is 5.82 Å². The van der Waals surface area contributed by atoms with Gasteiger partial charge in [0.25, 0.3) is 0 Å². The molecular formula is C14H15FO2. The van der Waals surface area contributed by atoms with Crippen molar-refractivity contribution in [2.24, 2.45) is 17.3 Å². The molecule has 1 saturated carbocycles. The van der Waals surface area contributed by atoms with Crippen molar-refractivity contribution in [2.75, 3.05) is 0 Å². The molecule has 1 aliphatic rings. The molecular weight excluding hydrogens is 219 g/mol. The van der Waals surface area contributed by atoms with Crippen LogP contribution in [-0.2, 0) is 4.79 Å². The maximum atomic E-state index is 12.7. The average molecular weight is 234 g/mol. The lowest BCUT2D eigenvalue weighted by molar-refractivity contribution is -0.139. The second-order valence-electron chi connectivity index (χ2n) is 5.07. The Balaban J connectivity index is 2.08. The molecule has 0 radical (unpaired) electrons. The third-order valence-electron chi connectivity index (χ3n) is 3.54. The van der Waals surface area contributed by atoms with Crippen LogP contribution < -0.4 is 0 Å². The molecule has 17 heavy (non-hydrogen) atoms. The van der Waals surface area contributed by atoms with Crippen molar-refractivity contribution < 1.29 is 14.3 Å². The van der Waals surface area contributed by atoms with Gasteiger partial charge < -0.3 is 5.11 Å². The first-order valence-electron chi connectivity index (χ1n) is 5.59. The summed E-state index contributed by atoms with van der Waals surface area (Å²) < 4.78 is 12.7. The van der Waals surface area contributed by atoms with Gasteiger partial charge in [0.15, 0.2) is 0 Å². The summed E-state index contributed by atoms with van der Waals surface area (Å²) in [4.78, 5) is 11.0. The molecule has 0 bridgehead atoms. The van der Waals surface area contributed by atoms with E-state index in [1.165, 1.54) is 12.1 Å². The van der Waals surface area contributed by atoms with Crippen molar-refractivity contribution in [3.8, 4) is 0 Å². The van der Waals surface area contributed by atoms with Crippen LogP contribution in [-0.4, -0.2) is 11.1 Å². The Labute approximate surface area is 99.8 Å². The minimum atomic E-state index is -0.747. The number of rotatable bonds is 3. The minimum Gasteiger partial charge on any atom is -0.481 e. The molecule has 1 aromatic carbocycles. The number of benzene rings is 1. The maximum Gasteiger partial charge on any atom is 0.307 e. The molecule has 2 nitrogen and oxygen atoms in total. The Morgan fingerprint density at radius 3 is 2.41 bits per heavy atom. The number of carbonyl (C=O) groups is 1. The fraction of sp³-hybridized carbons (Fsp3) is 0.357. The van der Waals surface area contributed by atoms with Crippen LogP contribution in [0.1, 0.15) is 19.4 Å². The predicted molar refractivity (Wildman–Crippen MR) is 63.8 cm³/mol. The first-order valence-corrected chi connectivity index (χ1v) is 5.59. The second kappa shape index (κ2) is 3.99.